The highest BCUT2D eigenvalue weighted by Gasteiger charge is 2.32. The zero-order valence-corrected chi connectivity index (χ0v) is 14.2. The van der Waals surface area contributed by atoms with Gasteiger partial charge in [0.25, 0.3) is 5.88 Å². The number of Topliss-reactive ketones (excluding diaryl/α,β-unsaturated/α-hetero) is 1. The average molecular weight is 381 g/mol. The van der Waals surface area contributed by atoms with Crippen LogP contribution in [0.2, 0.25) is 0 Å². The Hall–Kier alpha value is -2.90. The molecule has 0 saturated heterocycles. The maximum atomic E-state index is 13.9. The Bertz CT molecular complexity index is 935. The van der Waals surface area contributed by atoms with E-state index in [1.54, 1.807) is 6.07 Å². The first-order chi connectivity index (χ1) is 12.7. The Labute approximate surface area is 152 Å². The third-order valence-electron chi connectivity index (χ3n) is 4.24. The number of carbonyl (C=O) groups excluding carboxylic acids is 1. The number of pyridine rings is 1. The van der Waals surface area contributed by atoms with Crippen LogP contribution in [0.3, 0.4) is 0 Å². The number of alkyl halides is 3. The van der Waals surface area contributed by atoms with Crippen LogP contribution in [0.5, 0.6) is 11.6 Å². The molecule has 1 aliphatic rings. The molecule has 0 bridgehead atoms. The number of rotatable bonds is 4. The minimum atomic E-state index is -4.71. The second-order valence-corrected chi connectivity index (χ2v) is 6.03. The first-order valence-electron chi connectivity index (χ1n) is 8.20. The van der Waals surface area contributed by atoms with Crippen molar-refractivity contribution < 1.29 is 32.2 Å². The number of allylic oxidation sites excluding steroid dienone is 2. The van der Waals surface area contributed by atoms with Crippen LogP contribution in [0.15, 0.2) is 36.2 Å². The fourth-order valence-corrected chi connectivity index (χ4v) is 2.88. The first-order valence-corrected chi connectivity index (χ1v) is 8.20. The molecular formula is C19H15F4NO3. The van der Waals surface area contributed by atoms with Crippen molar-refractivity contribution in [3.63, 3.8) is 0 Å². The van der Waals surface area contributed by atoms with E-state index in [-0.39, 0.29) is 35.7 Å². The van der Waals surface area contributed by atoms with Crippen molar-refractivity contribution in [2.24, 2.45) is 0 Å². The van der Waals surface area contributed by atoms with Crippen LogP contribution in [0.1, 0.15) is 36.5 Å². The Morgan fingerprint density at radius 2 is 1.96 bits per heavy atom. The number of ether oxygens (including phenoxy) is 1. The van der Waals surface area contributed by atoms with Gasteiger partial charge in [0.15, 0.2) is 11.6 Å². The highest BCUT2D eigenvalue weighted by atomic mass is 19.4. The van der Waals surface area contributed by atoms with E-state index in [2.05, 4.69) is 4.98 Å². The third-order valence-corrected chi connectivity index (χ3v) is 4.24. The average Bonchev–Trinajstić information content (AvgIpc) is 2.94. The van der Waals surface area contributed by atoms with Crippen molar-refractivity contribution >= 4 is 11.4 Å². The lowest BCUT2D eigenvalue weighted by Crippen LogP contribution is -2.07. The smallest absolute Gasteiger partial charge is 0.417 e. The monoisotopic (exact) mass is 381 g/mol. The first kappa shape index (κ1) is 18.9. The predicted molar refractivity (Wildman–Crippen MR) is 88.9 cm³/mol. The zero-order valence-electron chi connectivity index (χ0n) is 14.2. The van der Waals surface area contributed by atoms with Gasteiger partial charge in [0.05, 0.1) is 11.1 Å². The van der Waals surface area contributed by atoms with E-state index in [0.29, 0.717) is 24.2 Å². The SMILES string of the molecule is CCc1ccc(Oc2ncc(C(F)(F)F)cc2F)cc1C1=C(O)CCC1=O. The third kappa shape index (κ3) is 3.79. The molecule has 1 heterocycles. The minimum absolute atomic E-state index is 0.0225. The van der Waals surface area contributed by atoms with Gasteiger partial charge < -0.3 is 9.84 Å². The molecule has 2 aromatic rings. The second kappa shape index (κ2) is 7.02. The number of ketones is 1. The minimum Gasteiger partial charge on any atom is -0.512 e. The van der Waals surface area contributed by atoms with Crippen molar-refractivity contribution in [2.75, 3.05) is 0 Å². The second-order valence-electron chi connectivity index (χ2n) is 6.03. The molecule has 1 aromatic carbocycles. The maximum Gasteiger partial charge on any atom is 0.417 e. The summed E-state index contributed by atoms with van der Waals surface area (Å²) in [7, 11) is 0. The van der Waals surface area contributed by atoms with Gasteiger partial charge >= 0.3 is 6.18 Å². The van der Waals surface area contributed by atoms with Crippen molar-refractivity contribution in [3.05, 3.63) is 58.7 Å². The van der Waals surface area contributed by atoms with Crippen molar-refractivity contribution in [1.29, 1.82) is 0 Å². The van der Waals surface area contributed by atoms with E-state index in [1.807, 2.05) is 6.92 Å². The Morgan fingerprint density at radius 3 is 2.52 bits per heavy atom. The Morgan fingerprint density at radius 1 is 1.22 bits per heavy atom. The fourth-order valence-electron chi connectivity index (χ4n) is 2.88. The van der Waals surface area contributed by atoms with Crippen LogP contribution < -0.4 is 4.74 Å². The zero-order chi connectivity index (χ0) is 19.8. The van der Waals surface area contributed by atoms with E-state index in [1.165, 1.54) is 12.1 Å². The summed E-state index contributed by atoms with van der Waals surface area (Å²) in [4.78, 5) is 15.5. The van der Waals surface area contributed by atoms with E-state index >= 15 is 0 Å². The number of halogens is 4. The van der Waals surface area contributed by atoms with Crippen LogP contribution in [-0.2, 0) is 17.4 Å². The summed E-state index contributed by atoms with van der Waals surface area (Å²) in [5.74, 6) is -2.02. The molecule has 0 aliphatic heterocycles. The molecule has 0 spiro atoms. The summed E-state index contributed by atoms with van der Waals surface area (Å²) in [6, 6.07) is 4.90. The van der Waals surface area contributed by atoms with E-state index in [9.17, 15) is 27.5 Å². The van der Waals surface area contributed by atoms with Crippen LogP contribution in [0.25, 0.3) is 5.57 Å². The molecule has 0 fully saturated rings. The number of aliphatic hydroxyl groups is 1. The number of aryl methyl sites for hydroxylation is 1. The van der Waals surface area contributed by atoms with Crippen molar-refractivity contribution in [1.82, 2.24) is 4.98 Å². The molecule has 0 saturated carbocycles. The van der Waals surface area contributed by atoms with E-state index in [4.69, 9.17) is 4.74 Å². The number of aliphatic hydroxyl groups excluding tert-OH is 1. The highest BCUT2D eigenvalue weighted by Crippen LogP contribution is 2.36. The molecule has 27 heavy (non-hydrogen) atoms. The van der Waals surface area contributed by atoms with E-state index in [0.717, 1.165) is 5.56 Å². The molecule has 1 aliphatic carbocycles. The molecule has 4 nitrogen and oxygen atoms in total. The number of hydrogen-bond donors (Lipinski definition) is 1. The molecule has 0 unspecified atom stereocenters. The molecule has 142 valence electrons. The van der Waals surface area contributed by atoms with Crippen LogP contribution in [0.4, 0.5) is 17.6 Å². The number of hydrogen-bond acceptors (Lipinski definition) is 4. The summed E-state index contributed by atoms with van der Waals surface area (Å²) >= 11 is 0. The topological polar surface area (TPSA) is 59.4 Å². The summed E-state index contributed by atoms with van der Waals surface area (Å²) in [6.45, 7) is 1.87. The van der Waals surface area contributed by atoms with Gasteiger partial charge in [-0.05, 0) is 35.7 Å². The number of aromatic nitrogens is 1. The largest absolute Gasteiger partial charge is 0.512 e. The maximum absolute atomic E-state index is 13.9. The van der Waals surface area contributed by atoms with Gasteiger partial charge in [-0.3, -0.25) is 4.79 Å². The predicted octanol–water partition coefficient (Wildman–Crippen LogP) is 5.23. The molecular weight excluding hydrogens is 366 g/mol. The number of benzene rings is 1. The molecule has 0 atom stereocenters. The molecule has 1 N–H and O–H groups in total. The molecule has 1 aromatic heterocycles. The van der Waals surface area contributed by atoms with Crippen LogP contribution in [0, 0.1) is 5.82 Å². The van der Waals surface area contributed by atoms with Crippen LogP contribution in [-0.4, -0.2) is 15.9 Å². The Kier molecular flexibility index (Phi) is 4.91. The summed E-state index contributed by atoms with van der Waals surface area (Å²) in [5.41, 5.74) is 0.210. The quantitative estimate of drug-likeness (QED) is 0.737. The van der Waals surface area contributed by atoms with Crippen molar-refractivity contribution in [3.8, 4) is 11.6 Å². The fraction of sp³-hybridized carbons (Fsp3) is 0.263. The lowest BCUT2D eigenvalue weighted by molar-refractivity contribution is -0.138. The summed E-state index contributed by atoms with van der Waals surface area (Å²) < 4.78 is 57.0. The molecule has 0 radical (unpaired) electrons. The lowest BCUT2D eigenvalue weighted by Gasteiger charge is -2.13. The van der Waals surface area contributed by atoms with Gasteiger partial charge in [0.1, 0.15) is 11.5 Å². The standard InChI is InChI=1S/C19H15F4NO3/c1-2-10-3-4-12(8-13(10)17-15(25)5-6-16(17)26)27-18-14(20)7-11(9-24-18)19(21,22)23/h3-4,7-9,25H,2,5-6H2,1H3. The number of carbonyl (C=O) groups is 1. The van der Waals surface area contributed by atoms with Gasteiger partial charge in [-0.1, -0.05) is 13.0 Å². The van der Waals surface area contributed by atoms with E-state index < -0.39 is 23.4 Å². The van der Waals surface area contributed by atoms with Gasteiger partial charge in [-0.25, -0.2) is 9.37 Å². The Balaban J connectivity index is 1.96. The summed E-state index contributed by atoms with van der Waals surface area (Å²) in [6.07, 6.45) is -3.21. The molecule has 3 rings (SSSR count). The molecule has 8 heteroatoms. The lowest BCUT2D eigenvalue weighted by atomic mass is 9.96. The van der Waals surface area contributed by atoms with Gasteiger partial charge in [0, 0.05) is 19.0 Å². The van der Waals surface area contributed by atoms with Crippen molar-refractivity contribution in [2.45, 2.75) is 32.4 Å². The van der Waals surface area contributed by atoms with Gasteiger partial charge in [0.2, 0.25) is 0 Å². The number of nitrogens with zero attached hydrogens (tertiary/aromatic N) is 1. The molecule has 0 amide bonds. The van der Waals surface area contributed by atoms with Crippen LogP contribution >= 0.6 is 0 Å². The summed E-state index contributed by atoms with van der Waals surface area (Å²) in [5, 5.41) is 10.0. The normalized spacial score (nSPS) is 14.8. The highest BCUT2D eigenvalue weighted by molar-refractivity contribution is 6.23. The van der Waals surface area contributed by atoms with Gasteiger partial charge in [-0.15, -0.1) is 0 Å². The van der Waals surface area contributed by atoms with Gasteiger partial charge in [-0.2, -0.15) is 13.2 Å².